The van der Waals surface area contributed by atoms with Gasteiger partial charge in [0, 0.05) is 11.1 Å². The van der Waals surface area contributed by atoms with Crippen molar-refractivity contribution in [2.75, 3.05) is 5.32 Å². The van der Waals surface area contributed by atoms with Gasteiger partial charge in [0.25, 0.3) is 0 Å². The number of benzene rings is 1. The average Bonchev–Trinajstić information content (AvgIpc) is 2.26. The summed E-state index contributed by atoms with van der Waals surface area (Å²) in [6.45, 7) is 4.29. The molecule has 0 bridgehead atoms. The van der Waals surface area contributed by atoms with Gasteiger partial charge in [-0.05, 0) is 43.4 Å². The van der Waals surface area contributed by atoms with Crippen LogP contribution in [0, 0.1) is 12.8 Å². The molecule has 0 amide bonds. The van der Waals surface area contributed by atoms with Crippen molar-refractivity contribution >= 4 is 28.9 Å². The summed E-state index contributed by atoms with van der Waals surface area (Å²) in [5.41, 5.74) is 2.00. The second-order valence-corrected chi connectivity index (χ2v) is 6.01. The lowest BCUT2D eigenvalue weighted by Crippen LogP contribution is -2.26. The Balaban J connectivity index is 2.10. The van der Waals surface area contributed by atoms with Crippen molar-refractivity contribution in [1.82, 2.24) is 0 Å². The third-order valence-electron chi connectivity index (χ3n) is 3.54. The fraction of sp³-hybridized carbons (Fsp3) is 0.571. The molecular weight excluding hydrogens is 253 g/mol. The number of anilines is 1. The first-order chi connectivity index (χ1) is 8.06. The van der Waals surface area contributed by atoms with Crippen LogP contribution in [-0.2, 0) is 0 Å². The van der Waals surface area contributed by atoms with E-state index in [9.17, 15) is 0 Å². The lowest BCUT2D eigenvalue weighted by atomic mass is 9.87. The zero-order valence-corrected chi connectivity index (χ0v) is 11.9. The third-order valence-corrected chi connectivity index (χ3v) is 4.26. The molecule has 1 aliphatic carbocycles. The largest absolute Gasteiger partial charge is 0.381 e. The normalized spacial score (nSPS) is 24.7. The fourth-order valence-electron chi connectivity index (χ4n) is 2.54. The van der Waals surface area contributed by atoms with Gasteiger partial charge in [-0.25, -0.2) is 0 Å². The molecule has 1 fully saturated rings. The minimum absolute atomic E-state index is 0.537. The quantitative estimate of drug-likeness (QED) is 0.771. The van der Waals surface area contributed by atoms with Gasteiger partial charge in [-0.3, -0.25) is 0 Å². The Labute approximate surface area is 114 Å². The number of nitrogens with one attached hydrogen (secondary N) is 1. The zero-order chi connectivity index (χ0) is 12.4. The molecule has 1 saturated carbocycles. The van der Waals surface area contributed by atoms with E-state index in [1.165, 1.54) is 25.7 Å². The van der Waals surface area contributed by atoms with Crippen molar-refractivity contribution < 1.29 is 0 Å². The van der Waals surface area contributed by atoms with Crippen molar-refractivity contribution in [2.24, 2.45) is 5.92 Å². The van der Waals surface area contributed by atoms with Crippen molar-refractivity contribution in [3.05, 3.63) is 27.7 Å². The van der Waals surface area contributed by atoms with Gasteiger partial charge in [-0.15, -0.1) is 0 Å². The SMILES string of the molecule is Cc1cc(Cl)c(NC2CCCC(C)C2)cc1Cl. The summed E-state index contributed by atoms with van der Waals surface area (Å²) in [4.78, 5) is 0. The molecule has 1 aliphatic rings. The lowest BCUT2D eigenvalue weighted by Gasteiger charge is -2.28. The Morgan fingerprint density at radius 1 is 1.18 bits per heavy atom. The zero-order valence-electron chi connectivity index (χ0n) is 10.4. The Hall–Kier alpha value is -0.400. The van der Waals surface area contributed by atoms with Crippen LogP contribution in [0.5, 0.6) is 0 Å². The van der Waals surface area contributed by atoms with Gasteiger partial charge in [0.1, 0.15) is 0 Å². The standard InChI is InChI=1S/C14H19Cl2N/c1-9-4-3-5-11(6-9)17-14-8-12(15)10(2)7-13(14)16/h7-9,11,17H,3-6H2,1-2H3. The maximum absolute atomic E-state index is 6.24. The van der Waals surface area contributed by atoms with Gasteiger partial charge < -0.3 is 5.32 Å². The lowest BCUT2D eigenvalue weighted by molar-refractivity contribution is 0.358. The minimum Gasteiger partial charge on any atom is -0.381 e. The molecule has 2 atom stereocenters. The molecule has 2 unspecified atom stereocenters. The fourth-order valence-corrected chi connectivity index (χ4v) is 2.98. The molecule has 0 saturated heterocycles. The monoisotopic (exact) mass is 271 g/mol. The van der Waals surface area contributed by atoms with Crippen LogP contribution in [0.3, 0.4) is 0 Å². The minimum atomic E-state index is 0.537. The van der Waals surface area contributed by atoms with E-state index in [2.05, 4.69) is 12.2 Å². The van der Waals surface area contributed by atoms with E-state index < -0.39 is 0 Å². The summed E-state index contributed by atoms with van der Waals surface area (Å²) >= 11 is 12.4. The van der Waals surface area contributed by atoms with Crippen LogP contribution in [-0.4, -0.2) is 6.04 Å². The molecule has 1 N–H and O–H groups in total. The van der Waals surface area contributed by atoms with Gasteiger partial charge in [0.2, 0.25) is 0 Å². The van der Waals surface area contributed by atoms with E-state index in [-0.39, 0.29) is 0 Å². The van der Waals surface area contributed by atoms with E-state index in [1.54, 1.807) is 0 Å². The summed E-state index contributed by atoms with van der Waals surface area (Å²) in [6, 6.07) is 4.41. The smallest absolute Gasteiger partial charge is 0.0641 e. The van der Waals surface area contributed by atoms with Crippen molar-refractivity contribution in [3.63, 3.8) is 0 Å². The second-order valence-electron chi connectivity index (χ2n) is 5.19. The molecule has 0 radical (unpaired) electrons. The predicted molar refractivity (Wildman–Crippen MR) is 76.2 cm³/mol. The summed E-state index contributed by atoms with van der Waals surface area (Å²) in [7, 11) is 0. The third kappa shape index (κ3) is 3.29. The summed E-state index contributed by atoms with van der Waals surface area (Å²) in [5.74, 6) is 0.806. The number of hydrogen-bond acceptors (Lipinski definition) is 1. The number of aryl methyl sites for hydroxylation is 1. The Morgan fingerprint density at radius 3 is 2.65 bits per heavy atom. The van der Waals surface area contributed by atoms with Gasteiger partial charge in [0.15, 0.2) is 0 Å². The van der Waals surface area contributed by atoms with Crippen LogP contribution in [0.15, 0.2) is 12.1 Å². The maximum atomic E-state index is 6.24. The van der Waals surface area contributed by atoms with Crippen molar-refractivity contribution in [2.45, 2.75) is 45.6 Å². The molecule has 1 aromatic rings. The highest BCUT2D eigenvalue weighted by Gasteiger charge is 2.19. The topological polar surface area (TPSA) is 12.0 Å². The molecule has 0 aliphatic heterocycles. The molecule has 0 aromatic heterocycles. The van der Waals surface area contributed by atoms with E-state index in [1.807, 2.05) is 19.1 Å². The van der Waals surface area contributed by atoms with Crippen LogP contribution in [0.25, 0.3) is 0 Å². The molecule has 1 nitrogen and oxygen atoms in total. The number of hydrogen-bond donors (Lipinski definition) is 1. The predicted octanol–water partition coefficient (Wildman–Crippen LogP) is 5.29. The molecule has 0 heterocycles. The van der Waals surface area contributed by atoms with Crippen LogP contribution < -0.4 is 5.32 Å². The summed E-state index contributed by atoms with van der Waals surface area (Å²) in [6.07, 6.45) is 5.10. The van der Waals surface area contributed by atoms with Gasteiger partial charge in [-0.2, -0.15) is 0 Å². The molecule has 94 valence electrons. The first kappa shape index (κ1) is 13.0. The Bertz CT molecular complexity index is 403. The maximum Gasteiger partial charge on any atom is 0.0641 e. The van der Waals surface area contributed by atoms with Crippen molar-refractivity contribution in [3.8, 4) is 0 Å². The molecule has 1 aromatic carbocycles. The average molecular weight is 272 g/mol. The van der Waals surface area contributed by atoms with Gasteiger partial charge in [-0.1, -0.05) is 43.0 Å². The molecular formula is C14H19Cl2N. The number of rotatable bonds is 2. The Morgan fingerprint density at radius 2 is 1.94 bits per heavy atom. The van der Waals surface area contributed by atoms with E-state index in [0.29, 0.717) is 6.04 Å². The van der Waals surface area contributed by atoms with E-state index in [0.717, 1.165) is 27.2 Å². The Kier molecular flexibility index (Phi) is 4.22. The first-order valence-electron chi connectivity index (χ1n) is 6.28. The first-order valence-corrected chi connectivity index (χ1v) is 7.04. The molecule has 17 heavy (non-hydrogen) atoms. The molecule has 3 heteroatoms. The number of halogens is 2. The molecule has 2 rings (SSSR count). The highest BCUT2D eigenvalue weighted by atomic mass is 35.5. The highest BCUT2D eigenvalue weighted by molar-refractivity contribution is 6.35. The van der Waals surface area contributed by atoms with Crippen LogP contribution in [0.4, 0.5) is 5.69 Å². The molecule has 0 spiro atoms. The van der Waals surface area contributed by atoms with Crippen LogP contribution in [0.1, 0.15) is 38.2 Å². The van der Waals surface area contributed by atoms with Gasteiger partial charge in [0.05, 0.1) is 10.7 Å². The van der Waals surface area contributed by atoms with E-state index >= 15 is 0 Å². The second kappa shape index (κ2) is 5.49. The van der Waals surface area contributed by atoms with Crippen LogP contribution >= 0.6 is 23.2 Å². The van der Waals surface area contributed by atoms with Crippen LogP contribution in [0.2, 0.25) is 10.0 Å². The highest BCUT2D eigenvalue weighted by Crippen LogP contribution is 2.32. The van der Waals surface area contributed by atoms with E-state index in [4.69, 9.17) is 23.2 Å². The van der Waals surface area contributed by atoms with Crippen molar-refractivity contribution in [1.29, 1.82) is 0 Å². The summed E-state index contributed by atoms with van der Waals surface area (Å²) < 4.78 is 0. The van der Waals surface area contributed by atoms with Gasteiger partial charge >= 0.3 is 0 Å². The summed E-state index contributed by atoms with van der Waals surface area (Å²) in [5, 5.41) is 5.08.